The number of amides is 2. The first-order valence-electron chi connectivity index (χ1n) is 11.0. The van der Waals surface area contributed by atoms with Gasteiger partial charge in [-0.3, -0.25) is 9.59 Å². The molecule has 5 heteroatoms. The van der Waals surface area contributed by atoms with E-state index in [9.17, 15) is 9.59 Å². The van der Waals surface area contributed by atoms with Crippen LogP contribution in [0.25, 0.3) is 0 Å². The van der Waals surface area contributed by atoms with Crippen LogP contribution in [0.5, 0.6) is 0 Å². The molecule has 164 valence electrons. The van der Waals surface area contributed by atoms with E-state index < -0.39 is 0 Å². The Balaban J connectivity index is 1.64. The molecule has 0 radical (unpaired) electrons. The zero-order valence-electron chi connectivity index (χ0n) is 18.6. The molecule has 0 fully saturated rings. The number of benzene rings is 3. The van der Waals surface area contributed by atoms with Crippen molar-refractivity contribution >= 4 is 23.2 Å². The number of unbranched alkanes of at least 4 members (excludes halogenated alkanes) is 2. The molecule has 0 bridgehead atoms. The van der Waals surface area contributed by atoms with Crippen LogP contribution >= 0.6 is 0 Å². The van der Waals surface area contributed by atoms with Crippen LogP contribution in [-0.2, 0) is 0 Å². The van der Waals surface area contributed by atoms with Gasteiger partial charge in [0.15, 0.2) is 0 Å². The molecule has 0 aliphatic carbocycles. The van der Waals surface area contributed by atoms with Gasteiger partial charge in [0, 0.05) is 16.8 Å². The quantitative estimate of drug-likeness (QED) is 0.251. The minimum Gasteiger partial charge on any atom is -0.322 e. The number of hydrogen-bond acceptors (Lipinski definition) is 3. The Morgan fingerprint density at radius 1 is 0.781 bits per heavy atom. The van der Waals surface area contributed by atoms with Crippen LogP contribution in [0.3, 0.4) is 0 Å². The summed E-state index contributed by atoms with van der Waals surface area (Å²) in [5.74, 6) is -0.472. The molecule has 0 aliphatic heterocycles. The standard InChI is InChI=1S/C27H29N3O2/c1-3-4-6-14-25(21-11-7-5-8-12-21)29-30-27(32)22-15-17-24(18-16-22)28-26(31)23-13-9-10-20(2)19-23/h5,7-13,15-19H,3-4,6,14H2,1-2H3,(H,28,31)(H,30,32)/b29-25+. The van der Waals surface area contributed by atoms with E-state index in [4.69, 9.17) is 0 Å². The topological polar surface area (TPSA) is 70.6 Å². The van der Waals surface area contributed by atoms with Crippen LogP contribution in [0.2, 0.25) is 0 Å². The van der Waals surface area contributed by atoms with Crippen molar-refractivity contribution in [2.45, 2.75) is 39.5 Å². The Hall–Kier alpha value is -3.73. The predicted octanol–water partition coefficient (Wildman–Crippen LogP) is 5.96. The molecule has 0 saturated carbocycles. The van der Waals surface area contributed by atoms with Gasteiger partial charge in [-0.25, -0.2) is 5.43 Å². The third kappa shape index (κ3) is 6.64. The van der Waals surface area contributed by atoms with Gasteiger partial charge in [-0.1, -0.05) is 67.8 Å². The number of aryl methyl sites for hydroxylation is 1. The molecule has 5 nitrogen and oxygen atoms in total. The molecular formula is C27H29N3O2. The minimum absolute atomic E-state index is 0.185. The monoisotopic (exact) mass is 427 g/mol. The highest BCUT2D eigenvalue weighted by molar-refractivity contribution is 6.05. The molecule has 32 heavy (non-hydrogen) atoms. The summed E-state index contributed by atoms with van der Waals surface area (Å²) in [6, 6.07) is 24.1. The number of nitrogens with zero attached hydrogens (tertiary/aromatic N) is 1. The molecule has 0 atom stereocenters. The van der Waals surface area contributed by atoms with E-state index in [2.05, 4.69) is 22.8 Å². The van der Waals surface area contributed by atoms with E-state index in [0.29, 0.717) is 16.8 Å². The fourth-order valence-corrected chi connectivity index (χ4v) is 3.32. The first kappa shape index (κ1) is 22.9. The summed E-state index contributed by atoms with van der Waals surface area (Å²) < 4.78 is 0. The van der Waals surface area contributed by atoms with E-state index in [1.54, 1.807) is 30.3 Å². The van der Waals surface area contributed by atoms with Gasteiger partial charge in [-0.05, 0) is 61.7 Å². The molecule has 0 aliphatic rings. The number of carbonyl (C=O) groups is 2. The summed E-state index contributed by atoms with van der Waals surface area (Å²) in [5, 5.41) is 7.26. The van der Waals surface area contributed by atoms with Crippen LogP contribution in [0.4, 0.5) is 5.69 Å². The third-order valence-corrected chi connectivity index (χ3v) is 5.10. The zero-order valence-corrected chi connectivity index (χ0v) is 18.6. The van der Waals surface area contributed by atoms with Crippen molar-refractivity contribution < 1.29 is 9.59 Å². The Labute approximate surface area is 189 Å². The number of anilines is 1. The molecule has 0 spiro atoms. The Bertz CT molecular complexity index is 1070. The first-order valence-corrected chi connectivity index (χ1v) is 11.0. The van der Waals surface area contributed by atoms with Crippen molar-refractivity contribution in [3.8, 4) is 0 Å². The van der Waals surface area contributed by atoms with Crippen LogP contribution in [0.1, 0.15) is 64.4 Å². The summed E-state index contributed by atoms with van der Waals surface area (Å²) >= 11 is 0. The summed E-state index contributed by atoms with van der Waals surface area (Å²) in [4.78, 5) is 25.0. The number of hydrogen-bond donors (Lipinski definition) is 2. The van der Waals surface area contributed by atoms with Crippen molar-refractivity contribution in [2.24, 2.45) is 5.10 Å². The third-order valence-electron chi connectivity index (χ3n) is 5.10. The van der Waals surface area contributed by atoms with Crippen LogP contribution in [0.15, 0.2) is 84.0 Å². The molecule has 3 aromatic rings. The Morgan fingerprint density at radius 3 is 2.19 bits per heavy atom. The molecule has 0 saturated heterocycles. The normalized spacial score (nSPS) is 11.1. The number of carbonyl (C=O) groups excluding carboxylic acids is 2. The second-order valence-electron chi connectivity index (χ2n) is 7.72. The van der Waals surface area contributed by atoms with E-state index >= 15 is 0 Å². The summed E-state index contributed by atoms with van der Waals surface area (Å²) in [5.41, 5.74) is 7.28. The molecule has 2 amide bonds. The van der Waals surface area contributed by atoms with Gasteiger partial charge in [0.25, 0.3) is 11.8 Å². The molecule has 0 unspecified atom stereocenters. The SMILES string of the molecule is CCCCC/C(=N\NC(=O)c1ccc(NC(=O)c2cccc(C)c2)cc1)c1ccccc1. The van der Waals surface area contributed by atoms with E-state index in [0.717, 1.165) is 42.5 Å². The highest BCUT2D eigenvalue weighted by Gasteiger charge is 2.09. The zero-order chi connectivity index (χ0) is 22.8. The van der Waals surface area contributed by atoms with Gasteiger partial charge >= 0.3 is 0 Å². The Kier molecular flexibility index (Phi) is 8.32. The van der Waals surface area contributed by atoms with Gasteiger partial charge < -0.3 is 5.32 Å². The van der Waals surface area contributed by atoms with Crippen molar-refractivity contribution in [3.05, 3.63) is 101 Å². The maximum Gasteiger partial charge on any atom is 0.271 e. The van der Waals surface area contributed by atoms with Crippen LogP contribution < -0.4 is 10.7 Å². The number of nitrogens with one attached hydrogen (secondary N) is 2. The average molecular weight is 428 g/mol. The summed E-state index contributed by atoms with van der Waals surface area (Å²) in [6.07, 6.45) is 4.08. The van der Waals surface area contributed by atoms with Crippen LogP contribution in [-0.4, -0.2) is 17.5 Å². The van der Waals surface area contributed by atoms with Gasteiger partial charge in [-0.2, -0.15) is 5.10 Å². The van der Waals surface area contributed by atoms with E-state index in [-0.39, 0.29) is 11.8 Å². The van der Waals surface area contributed by atoms with Gasteiger partial charge in [-0.15, -0.1) is 0 Å². The minimum atomic E-state index is -0.287. The average Bonchev–Trinajstić information content (AvgIpc) is 2.82. The fraction of sp³-hybridized carbons (Fsp3) is 0.222. The van der Waals surface area contributed by atoms with Gasteiger partial charge in [0.1, 0.15) is 0 Å². The lowest BCUT2D eigenvalue weighted by Crippen LogP contribution is -2.20. The lowest BCUT2D eigenvalue weighted by atomic mass is 10.0. The van der Waals surface area contributed by atoms with Crippen molar-refractivity contribution in [2.75, 3.05) is 5.32 Å². The van der Waals surface area contributed by atoms with Crippen molar-refractivity contribution in [3.63, 3.8) is 0 Å². The fourth-order valence-electron chi connectivity index (χ4n) is 3.32. The Morgan fingerprint density at radius 2 is 1.50 bits per heavy atom. The number of hydrazone groups is 1. The first-order chi connectivity index (χ1) is 15.6. The van der Waals surface area contributed by atoms with Crippen LogP contribution in [0, 0.1) is 6.92 Å². The maximum absolute atomic E-state index is 12.6. The van der Waals surface area contributed by atoms with E-state index in [1.165, 1.54) is 0 Å². The molecule has 2 N–H and O–H groups in total. The van der Waals surface area contributed by atoms with Crippen molar-refractivity contribution in [1.82, 2.24) is 5.43 Å². The predicted molar refractivity (Wildman–Crippen MR) is 130 cm³/mol. The molecular weight excluding hydrogens is 398 g/mol. The summed E-state index contributed by atoms with van der Waals surface area (Å²) in [7, 11) is 0. The highest BCUT2D eigenvalue weighted by atomic mass is 16.2. The lowest BCUT2D eigenvalue weighted by molar-refractivity contribution is 0.0954. The van der Waals surface area contributed by atoms with Crippen molar-refractivity contribution in [1.29, 1.82) is 0 Å². The largest absolute Gasteiger partial charge is 0.322 e. The second kappa shape index (κ2) is 11.6. The summed E-state index contributed by atoms with van der Waals surface area (Å²) in [6.45, 7) is 4.10. The second-order valence-corrected chi connectivity index (χ2v) is 7.72. The smallest absolute Gasteiger partial charge is 0.271 e. The molecule has 0 aromatic heterocycles. The van der Waals surface area contributed by atoms with Gasteiger partial charge in [0.2, 0.25) is 0 Å². The number of rotatable bonds is 9. The molecule has 3 rings (SSSR count). The molecule has 0 heterocycles. The lowest BCUT2D eigenvalue weighted by Gasteiger charge is -2.09. The molecule has 3 aromatic carbocycles. The highest BCUT2D eigenvalue weighted by Crippen LogP contribution is 2.13. The van der Waals surface area contributed by atoms with Gasteiger partial charge in [0.05, 0.1) is 5.71 Å². The maximum atomic E-state index is 12.6. The van der Waals surface area contributed by atoms with E-state index in [1.807, 2.05) is 55.5 Å².